The maximum Gasteiger partial charge on any atom is 0.171 e. The van der Waals surface area contributed by atoms with Gasteiger partial charge in [0.25, 0.3) is 0 Å². The quantitative estimate of drug-likeness (QED) is 0.634. The van der Waals surface area contributed by atoms with E-state index < -0.39 is 0 Å². The number of phenols is 2. The molecule has 5 heteroatoms. The van der Waals surface area contributed by atoms with Crippen molar-refractivity contribution < 1.29 is 14.7 Å². The molecule has 0 bridgehead atoms. The minimum absolute atomic E-state index is 0.173. The van der Waals surface area contributed by atoms with Crippen LogP contribution in [0.25, 0.3) is 21.5 Å². The Labute approximate surface area is 94.4 Å². The summed E-state index contributed by atoms with van der Waals surface area (Å²) in [7, 11) is 0. The lowest BCUT2D eigenvalue weighted by Crippen LogP contribution is -1.73. The van der Waals surface area contributed by atoms with Crippen LogP contribution < -0.4 is 0 Å². The van der Waals surface area contributed by atoms with Gasteiger partial charge in [-0.1, -0.05) is 11.2 Å². The van der Waals surface area contributed by atoms with Gasteiger partial charge in [-0.05, 0) is 17.5 Å². The first kappa shape index (κ1) is 9.23. The lowest BCUT2D eigenvalue weighted by atomic mass is 10.2. The van der Waals surface area contributed by atoms with E-state index in [-0.39, 0.29) is 11.5 Å². The average Bonchev–Trinajstić information content (AvgIpc) is 2.87. The van der Waals surface area contributed by atoms with Crippen molar-refractivity contribution in [2.24, 2.45) is 0 Å². The molecule has 2 heterocycles. The summed E-state index contributed by atoms with van der Waals surface area (Å²) in [5.74, 6) is -0.380. The Kier molecular flexibility index (Phi) is 1.87. The number of rotatable bonds is 1. The first-order chi connectivity index (χ1) is 7.75. The Bertz CT molecular complexity index is 643. The van der Waals surface area contributed by atoms with Crippen LogP contribution in [0.2, 0.25) is 0 Å². The molecule has 0 fully saturated rings. The third-order valence-corrected chi connectivity index (χ3v) is 3.20. The highest BCUT2D eigenvalue weighted by molar-refractivity contribution is 7.13. The van der Waals surface area contributed by atoms with E-state index in [1.165, 1.54) is 23.5 Å². The molecule has 0 saturated heterocycles. The van der Waals surface area contributed by atoms with Crippen LogP contribution in [0.5, 0.6) is 11.5 Å². The predicted octanol–water partition coefficient (Wildman–Crippen LogP) is 2.97. The molecule has 0 spiro atoms. The number of benzene rings is 1. The summed E-state index contributed by atoms with van der Waals surface area (Å²) < 4.78 is 5.09. The average molecular weight is 233 g/mol. The summed E-state index contributed by atoms with van der Waals surface area (Å²) >= 11 is 1.54. The number of phenolic OH excluding ortho intramolecular Hbond substituents is 2. The second-order valence-electron chi connectivity index (χ2n) is 3.35. The summed E-state index contributed by atoms with van der Waals surface area (Å²) in [6.07, 6.45) is 0. The lowest BCUT2D eigenvalue weighted by molar-refractivity contribution is 0.402. The first-order valence-corrected chi connectivity index (χ1v) is 5.49. The van der Waals surface area contributed by atoms with E-state index in [0.717, 1.165) is 4.88 Å². The van der Waals surface area contributed by atoms with Crippen LogP contribution in [0.15, 0.2) is 34.2 Å². The van der Waals surface area contributed by atoms with Gasteiger partial charge in [0.05, 0.1) is 10.3 Å². The molecule has 80 valence electrons. The topological polar surface area (TPSA) is 66.5 Å². The predicted molar refractivity (Wildman–Crippen MR) is 60.7 cm³/mol. The summed E-state index contributed by atoms with van der Waals surface area (Å²) in [5, 5.41) is 25.3. The van der Waals surface area contributed by atoms with Gasteiger partial charge in [0.15, 0.2) is 17.1 Å². The number of hydrogen-bond acceptors (Lipinski definition) is 5. The van der Waals surface area contributed by atoms with Crippen molar-refractivity contribution in [2.45, 2.75) is 0 Å². The van der Waals surface area contributed by atoms with Crippen molar-refractivity contribution in [3.63, 3.8) is 0 Å². The van der Waals surface area contributed by atoms with Gasteiger partial charge in [0, 0.05) is 6.07 Å². The molecular formula is C11H7NO3S. The van der Waals surface area contributed by atoms with E-state index >= 15 is 0 Å². The van der Waals surface area contributed by atoms with Crippen LogP contribution in [0.1, 0.15) is 0 Å². The molecule has 3 aromatic rings. The van der Waals surface area contributed by atoms with E-state index in [0.29, 0.717) is 16.7 Å². The zero-order valence-electron chi connectivity index (χ0n) is 8.04. The maximum absolute atomic E-state index is 9.44. The third kappa shape index (κ3) is 1.25. The first-order valence-electron chi connectivity index (χ1n) is 4.61. The largest absolute Gasteiger partial charge is 0.504 e. The lowest BCUT2D eigenvalue weighted by Gasteiger charge is -1.96. The Morgan fingerprint density at radius 3 is 2.75 bits per heavy atom. The number of thiophene rings is 1. The number of aromatic nitrogens is 1. The van der Waals surface area contributed by atoms with Crippen molar-refractivity contribution in [2.75, 3.05) is 0 Å². The van der Waals surface area contributed by atoms with Gasteiger partial charge in [0.1, 0.15) is 5.69 Å². The standard InChI is InChI=1S/C11H7NO3S/c13-7-4-6-9(5-8(7)14)15-12-11(6)10-2-1-3-16-10/h1-5,13-14H. The Balaban J connectivity index is 2.32. The molecule has 0 aliphatic heterocycles. The Morgan fingerprint density at radius 2 is 2.00 bits per heavy atom. The van der Waals surface area contributed by atoms with E-state index in [1.54, 1.807) is 0 Å². The minimum atomic E-state index is -0.207. The van der Waals surface area contributed by atoms with Crippen LogP contribution >= 0.6 is 11.3 Å². The Hall–Kier alpha value is -2.01. The van der Waals surface area contributed by atoms with Gasteiger partial charge in [0.2, 0.25) is 0 Å². The maximum atomic E-state index is 9.44. The van der Waals surface area contributed by atoms with Crippen LogP contribution in [0.4, 0.5) is 0 Å². The third-order valence-electron chi connectivity index (χ3n) is 2.32. The van der Waals surface area contributed by atoms with Crippen LogP contribution in [0, 0.1) is 0 Å². The van der Waals surface area contributed by atoms with Gasteiger partial charge in [-0.2, -0.15) is 0 Å². The fourth-order valence-electron chi connectivity index (χ4n) is 1.55. The molecular weight excluding hydrogens is 226 g/mol. The molecule has 0 unspecified atom stereocenters. The summed E-state index contributed by atoms with van der Waals surface area (Å²) in [6.45, 7) is 0. The smallest absolute Gasteiger partial charge is 0.171 e. The fraction of sp³-hybridized carbons (Fsp3) is 0. The molecule has 0 radical (unpaired) electrons. The Morgan fingerprint density at radius 1 is 1.19 bits per heavy atom. The van der Waals surface area contributed by atoms with Gasteiger partial charge >= 0.3 is 0 Å². The number of aromatic hydroxyl groups is 2. The highest BCUT2D eigenvalue weighted by Gasteiger charge is 2.13. The minimum Gasteiger partial charge on any atom is -0.504 e. The molecule has 0 amide bonds. The van der Waals surface area contributed by atoms with Gasteiger partial charge in [-0.3, -0.25) is 0 Å². The van der Waals surface area contributed by atoms with Crippen LogP contribution in [-0.4, -0.2) is 15.4 Å². The van der Waals surface area contributed by atoms with E-state index in [1.807, 2.05) is 17.5 Å². The molecule has 16 heavy (non-hydrogen) atoms. The van der Waals surface area contributed by atoms with Crippen molar-refractivity contribution in [3.05, 3.63) is 29.6 Å². The summed E-state index contributed by atoms with van der Waals surface area (Å²) in [5.41, 5.74) is 1.14. The molecule has 4 nitrogen and oxygen atoms in total. The highest BCUT2D eigenvalue weighted by Crippen LogP contribution is 2.36. The normalized spacial score (nSPS) is 11.0. The van der Waals surface area contributed by atoms with Gasteiger partial charge < -0.3 is 14.7 Å². The molecule has 2 aromatic heterocycles. The van der Waals surface area contributed by atoms with Crippen LogP contribution in [0.3, 0.4) is 0 Å². The van der Waals surface area contributed by atoms with Crippen molar-refractivity contribution >= 4 is 22.3 Å². The molecule has 0 saturated carbocycles. The van der Waals surface area contributed by atoms with E-state index in [9.17, 15) is 10.2 Å². The number of hydrogen-bond donors (Lipinski definition) is 2. The zero-order valence-corrected chi connectivity index (χ0v) is 8.86. The number of nitrogens with zero attached hydrogens (tertiary/aromatic N) is 1. The second-order valence-corrected chi connectivity index (χ2v) is 4.29. The van der Waals surface area contributed by atoms with Gasteiger partial charge in [-0.25, -0.2) is 0 Å². The van der Waals surface area contributed by atoms with Gasteiger partial charge in [-0.15, -0.1) is 11.3 Å². The molecule has 1 aromatic carbocycles. The van der Waals surface area contributed by atoms with Crippen LogP contribution in [-0.2, 0) is 0 Å². The van der Waals surface area contributed by atoms with E-state index in [2.05, 4.69) is 5.16 Å². The SMILES string of the molecule is Oc1cc2onc(-c3cccs3)c2cc1O. The van der Waals surface area contributed by atoms with Crippen molar-refractivity contribution in [1.82, 2.24) is 5.16 Å². The molecule has 0 aliphatic carbocycles. The molecule has 3 rings (SSSR count). The second kappa shape index (κ2) is 3.24. The number of fused-ring (bicyclic) bond motifs is 1. The fourth-order valence-corrected chi connectivity index (χ4v) is 2.27. The molecule has 0 atom stereocenters. The monoisotopic (exact) mass is 233 g/mol. The zero-order chi connectivity index (χ0) is 11.1. The highest BCUT2D eigenvalue weighted by atomic mass is 32.1. The molecule has 0 aliphatic rings. The van der Waals surface area contributed by atoms with E-state index in [4.69, 9.17) is 4.52 Å². The molecule has 2 N–H and O–H groups in total. The van der Waals surface area contributed by atoms with Crippen molar-refractivity contribution in [1.29, 1.82) is 0 Å². The summed E-state index contributed by atoms with van der Waals surface area (Å²) in [6, 6.07) is 6.65. The van der Waals surface area contributed by atoms with Crippen molar-refractivity contribution in [3.8, 4) is 22.1 Å². The summed E-state index contributed by atoms with van der Waals surface area (Å²) in [4.78, 5) is 0.962.